The maximum atomic E-state index is 12.2. The number of amides is 3. The first kappa shape index (κ1) is 21.1. The molecule has 2 heterocycles. The van der Waals surface area contributed by atoms with Crippen LogP contribution in [0.3, 0.4) is 0 Å². The van der Waals surface area contributed by atoms with E-state index in [4.69, 9.17) is 4.99 Å². The number of carbonyl (C=O) groups excluding carboxylic acids is 2. The van der Waals surface area contributed by atoms with Gasteiger partial charge in [0, 0.05) is 19.6 Å². The number of nitrogens with zero attached hydrogens (tertiary/aromatic N) is 2. The maximum absolute atomic E-state index is 12.2. The molecule has 2 saturated heterocycles. The molecule has 29 heavy (non-hydrogen) atoms. The Hall–Kier alpha value is -2.57. The first-order valence-electron chi connectivity index (χ1n) is 10.5. The largest absolute Gasteiger partial charge is 0.357 e. The van der Waals surface area contributed by atoms with Gasteiger partial charge in [-0.15, -0.1) is 0 Å². The first-order valence-corrected chi connectivity index (χ1v) is 10.5. The Morgan fingerprint density at radius 2 is 1.83 bits per heavy atom. The van der Waals surface area contributed by atoms with Gasteiger partial charge in [-0.2, -0.15) is 0 Å². The number of aliphatic imine (C=N–C) groups is 1. The Kier molecular flexibility index (Phi) is 6.15. The molecule has 0 aliphatic carbocycles. The fourth-order valence-corrected chi connectivity index (χ4v) is 4.55. The van der Waals surface area contributed by atoms with Gasteiger partial charge in [-0.25, -0.2) is 9.79 Å². The molecular formula is C22H33N5O2. The van der Waals surface area contributed by atoms with Crippen molar-refractivity contribution in [3.8, 4) is 0 Å². The van der Waals surface area contributed by atoms with Gasteiger partial charge in [0.05, 0.1) is 6.54 Å². The van der Waals surface area contributed by atoms with Crippen LogP contribution in [0.1, 0.15) is 48.9 Å². The molecule has 3 rings (SSSR count). The van der Waals surface area contributed by atoms with Crippen molar-refractivity contribution in [2.45, 2.75) is 59.5 Å². The Labute approximate surface area is 173 Å². The fourth-order valence-electron chi connectivity index (χ4n) is 4.55. The zero-order valence-corrected chi connectivity index (χ0v) is 18.2. The highest BCUT2D eigenvalue weighted by Gasteiger charge is 2.48. The highest BCUT2D eigenvalue weighted by molar-refractivity contribution is 6.07. The van der Waals surface area contributed by atoms with Gasteiger partial charge in [0.1, 0.15) is 5.54 Å². The molecule has 2 aliphatic heterocycles. The summed E-state index contributed by atoms with van der Waals surface area (Å²) in [6, 6.07) is 4.02. The van der Waals surface area contributed by atoms with Crippen molar-refractivity contribution in [2.24, 2.45) is 10.9 Å². The van der Waals surface area contributed by atoms with Crippen LogP contribution in [-0.2, 0) is 11.3 Å². The van der Waals surface area contributed by atoms with Crippen molar-refractivity contribution < 1.29 is 9.59 Å². The Bertz CT molecular complexity index is 803. The summed E-state index contributed by atoms with van der Waals surface area (Å²) in [4.78, 5) is 31.0. The van der Waals surface area contributed by atoms with E-state index < -0.39 is 11.6 Å². The lowest BCUT2D eigenvalue weighted by molar-refractivity contribution is -0.125. The minimum absolute atomic E-state index is 0.120. The number of aryl methyl sites for hydroxylation is 3. The second-order valence-electron chi connectivity index (χ2n) is 8.42. The molecule has 0 spiro atoms. The molecular weight excluding hydrogens is 366 g/mol. The summed E-state index contributed by atoms with van der Waals surface area (Å²) in [6.07, 6.45) is 1.66. The summed E-state index contributed by atoms with van der Waals surface area (Å²) < 4.78 is 0. The maximum Gasteiger partial charge on any atom is 0.322 e. The van der Waals surface area contributed by atoms with E-state index in [0.29, 0.717) is 6.54 Å². The normalized spacial score (nSPS) is 23.2. The minimum atomic E-state index is -0.811. The zero-order chi connectivity index (χ0) is 21.2. The summed E-state index contributed by atoms with van der Waals surface area (Å²) in [5.74, 6) is 0.817. The van der Waals surface area contributed by atoms with Crippen LogP contribution in [0.5, 0.6) is 0 Å². The van der Waals surface area contributed by atoms with Crippen LogP contribution < -0.4 is 16.0 Å². The zero-order valence-electron chi connectivity index (χ0n) is 18.2. The van der Waals surface area contributed by atoms with Crippen LogP contribution in [0.25, 0.3) is 0 Å². The van der Waals surface area contributed by atoms with Gasteiger partial charge in [0.15, 0.2) is 5.96 Å². The SMILES string of the molecule is CCNC(=NCc1c(C)cc(C)cc1C)N1CCC(C2(C)NC(=O)NC2=O)CC1. The number of rotatable bonds is 4. The lowest BCUT2D eigenvalue weighted by Gasteiger charge is -2.39. The number of hydrogen-bond donors (Lipinski definition) is 3. The molecule has 158 valence electrons. The van der Waals surface area contributed by atoms with Crippen LogP contribution >= 0.6 is 0 Å². The van der Waals surface area contributed by atoms with Crippen LogP contribution in [0.4, 0.5) is 4.79 Å². The second-order valence-corrected chi connectivity index (χ2v) is 8.42. The highest BCUT2D eigenvalue weighted by Crippen LogP contribution is 2.30. The number of guanidine groups is 1. The van der Waals surface area contributed by atoms with Gasteiger partial charge in [-0.3, -0.25) is 10.1 Å². The molecule has 7 nitrogen and oxygen atoms in total. The predicted octanol–water partition coefficient (Wildman–Crippen LogP) is 2.39. The molecule has 0 aromatic heterocycles. The summed E-state index contributed by atoms with van der Waals surface area (Å²) in [5, 5.41) is 8.60. The van der Waals surface area contributed by atoms with Gasteiger partial charge < -0.3 is 15.5 Å². The number of benzene rings is 1. The molecule has 1 aromatic carbocycles. The molecule has 2 aliphatic rings. The predicted molar refractivity (Wildman–Crippen MR) is 115 cm³/mol. The molecule has 2 fully saturated rings. The summed E-state index contributed by atoms with van der Waals surface area (Å²) in [7, 11) is 0. The fraction of sp³-hybridized carbons (Fsp3) is 0.591. The van der Waals surface area contributed by atoms with Gasteiger partial charge >= 0.3 is 6.03 Å². The number of imide groups is 1. The van der Waals surface area contributed by atoms with Gasteiger partial charge in [-0.1, -0.05) is 17.7 Å². The topological polar surface area (TPSA) is 85.8 Å². The molecule has 1 aromatic rings. The number of nitrogens with one attached hydrogen (secondary N) is 3. The van der Waals surface area contributed by atoms with Crippen molar-refractivity contribution in [3.63, 3.8) is 0 Å². The van der Waals surface area contributed by atoms with E-state index in [1.165, 1.54) is 22.3 Å². The van der Waals surface area contributed by atoms with E-state index in [1.807, 2.05) is 6.92 Å². The smallest absolute Gasteiger partial charge is 0.322 e. The number of carbonyl (C=O) groups is 2. The molecule has 7 heteroatoms. The van der Waals surface area contributed by atoms with Crippen molar-refractivity contribution in [3.05, 3.63) is 34.4 Å². The Morgan fingerprint density at radius 1 is 1.21 bits per heavy atom. The molecule has 0 bridgehead atoms. The summed E-state index contributed by atoms with van der Waals surface area (Å²) in [6.45, 7) is 13.4. The van der Waals surface area contributed by atoms with E-state index >= 15 is 0 Å². The molecule has 1 unspecified atom stereocenters. The van der Waals surface area contributed by atoms with Crippen molar-refractivity contribution in [2.75, 3.05) is 19.6 Å². The van der Waals surface area contributed by atoms with Crippen molar-refractivity contribution in [1.82, 2.24) is 20.9 Å². The minimum Gasteiger partial charge on any atom is -0.357 e. The van der Waals surface area contributed by atoms with Gasteiger partial charge in [0.2, 0.25) is 0 Å². The van der Waals surface area contributed by atoms with E-state index in [0.717, 1.165) is 38.4 Å². The van der Waals surface area contributed by atoms with Crippen molar-refractivity contribution >= 4 is 17.9 Å². The summed E-state index contributed by atoms with van der Waals surface area (Å²) in [5.41, 5.74) is 4.29. The van der Waals surface area contributed by atoms with E-state index in [2.05, 4.69) is 60.7 Å². The standard InChI is InChI=1S/C22H33N5O2/c1-6-23-20(24-13-18-15(3)11-14(2)12-16(18)4)27-9-7-17(8-10-27)22(5)19(28)25-21(29)26-22/h11-12,17H,6-10,13H2,1-5H3,(H,23,24)(H2,25,26,28,29). The molecule has 3 amide bonds. The average molecular weight is 400 g/mol. The number of piperidine rings is 1. The first-order chi connectivity index (χ1) is 13.7. The quantitative estimate of drug-likeness (QED) is 0.412. The number of likely N-dealkylation sites (tertiary alicyclic amines) is 1. The number of hydrogen-bond acceptors (Lipinski definition) is 3. The molecule has 3 N–H and O–H groups in total. The van der Waals surface area contributed by atoms with E-state index in [9.17, 15) is 9.59 Å². The highest BCUT2D eigenvalue weighted by atomic mass is 16.2. The lowest BCUT2D eigenvalue weighted by atomic mass is 9.79. The molecule has 1 atom stereocenters. The lowest BCUT2D eigenvalue weighted by Crippen LogP contribution is -2.55. The molecule has 0 saturated carbocycles. The van der Waals surface area contributed by atoms with E-state index in [1.54, 1.807) is 0 Å². The Morgan fingerprint density at radius 3 is 2.34 bits per heavy atom. The van der Waals surface area contributed by atoms with Crippen LogP contribution in [0.15, 0.2) is 17.1 Å². The third-order valence-electron chi connectivity index (χ3n) is 6.25. The second kappa shape index (κ2) is 8.43. The molecule has 0 radical (unpaired) electrons. The van der Waals surface area contributed by atoms with Gasteiger partial charge in [-0.05, 0) is 70.1 Å². The van der Waals surface area contributed by atoms with Crippen LogP contribution in [-0.4, -0.2) is 48.0 Å². The van der Waals surface area contributed by atoms with Crippen LogP contribution in [0.2, 0.25) is 0 Å². The van der Waals surface area contributed by atoms with Gasteiger partial charge in [0.25, 0.3) is 5.91 Å². The third-order valence-corrected chi connectivity index (χ3v) is 6.25. The van der Waals surface area contributed by atoms with E-state index in [-0.39, 0.29) is 11.8 Å². The Balaban J connectivity index is 1.69. The summed E-state index contributed by atoms with van der Waals surface area (Å²) >= 11 is 0. The van der Waals surface area contributed by atoms with Crippen molar-refractivity contribution in [1.29, 1.82) is 0 Å². The van der Waals surface area contributed by atoms with Crippen LogP contribution in [0, 0.1) is 26.7 Å². The average Bonchev–Trinajstić information content (AvgIpc) is 2.92. The number of urea groups is 1. The third kappa shape index (κ3) is 4.38. The monoisotopic (exact) mass is 399 g/mol.